The van der Waals surface area contributed by atoms with E-state index in [-0.39, 0.29) is 0 Å². The summed E-state index contributed by atoms with van der Waals surface area (Å²) in [7, 11) is 0. The van der Waals surface area contributed by atoms with Crippen molar-refractivity contribution >= 4 is 51.7 Å². The number of anilines is 2. The first kappa shape index (κ1) is 19.7. The first-order chi connectivity index (χ1) is 13.7. The van der Waals surface area contributed by atoms with Crippen molar-refractivity contribution in [2.75, 3.05) is 10.6 Å². The summed E-state index contributed by atoms with van der Waals surface area (Å²) in [6.07, 6.45) is 3.33. The third kappa shape index (κ3) is 4.82. The third-order valence-corrected chi connectivity index (χ3v) is 3.97. The SMILES string of the molecule is CC.S=C(Nc1ccc(Cl)cc1)Nc1cc(-c2nc3ncccc3o2)ccn1. The van der Waals surface area contributed by atoms with Gasteiger partial charge in [-0.05, 0) is 60.7 Å². The van der Waals surface area contributed by atoms with Gasteiger partial charge < -0.3 is 15.1 Å². The smallest absolute Gasteiger partial charge is 0.229 e. The molecule has 0 bridgehead atoms. The number of fused-ring (bicyclic) bond motifs is 1. The summed E-state index contributed by atoms with van der Waals surface area (Å²) < 4.78 is 5.73. The maximum Gasteiger partial charge on any atom is 0.229 e. The normalized spacial score (nSPS) is 10.1. The van der Waals surface area contributed by atoms with Crippen LogP contribution in [0, 0.1) is 0 Å². The van der Waals surface area contributed by atoms with Gasteiger partial charge in [0.2, 0.25) is 5.89 Å². The second-order valence-electron chi connectivity index (χ2n) is 5.36. The molecule has 0 aliphatic heterocycles. The van der Waals surface area contributed by atoms with Crippen LogP contribution in [-0.2, 0) is 0 Å². The molecule has 1 aromatic carbocycles. The lowest BCUT2D eigenvalue weighted by molar-refractivity contribution is 0.619. The summed E-state index contributed by atoms with van der Waals surface area (Å²) in [6, 6.07) is 14.5. The Hall–Kier alpha value is -3.03. The Labute approximate surface area is 173 Å². The lowest BCUT2D eigenvalue weighted by Gasteiger charge is -2.10. The van der Waals surface area contributed by atoms with Crippen molar-refractivity contribution in [2.24, 2.45) is 0 Å². The van der Waals surface area contributed by atoms with Gasteiger partial charge in [-0.1, -0.05) is 25.4 Å². The van der Waals surface area contributed by atoms with Crippen LogP contribution in [0.5, 0.6) is 0 Å². The number of nitrogens with one attached hydrogen (secondary N) is 2. The van der Waals surface area contributed by atoms with Crippen LogP contribution in [-0.4, -0.2) is 20.1 Å². The summed E-state index contributed by atoms with van der Waals surface area (Å²) in [5, 5.41) is 7.19. The zero-order valence-corrected chi connectivity index (χ0v) is 16.9. The van der Waals surface area contributed by atoms with Crippen molar-refractivity contribution < 1.29 is 4.42 Å². The summed E-state index contributed by atoms with van der Waals surface area (Å²) in [5.74, 6) is 1.05. The number of rotatable bonds is 3. The molecule has 4 aromatic rings. The zero-order chi connectivity index (χ0) is 19.9. The molecule has 0 aliphatic carbocycles. The minimum absolute atomic E-state index is 0.413. The van der Waals surface area contributed by atoms with Crippen LogP contribution in [0.2, 0.25) is 5.02 Å². The molecule has 6 nitrogen and oxygen atoms in total. The van der Waals surface area contributed by atoms with Crippen LogP contribution in [0.15, 0.2) is 65.3 Å². The van der Waals surface area contributed by atoms with E-state index in [2.05, 4.69) is 25.6 Å². The topological polar surface area (TPSA) is 75.9 Å². The molecule has 3 heterocycles. The lowest BCUT2D eigenvalue weighted by Crippen LogP contribution is -2.19. The minimum atomic E-state index is 0.413. The Kier molecular flexibility index (Phi) is 6.52. The zero-order valence-electron chi connectivity index (χ0n) is 15.3. The molecular weight excluding hydrogens is 394 g/mol. The van der Waals surface area contributed by atoms with Crippen molar-refractivity contribution in [2.45, 2.75) is 13.8 Å². The van der Waals surface area contributed by atoms with Crippen molar-refractivity contribution in [3.05, 3.63) is 65.9 Å². The van der Waals surface area contributed by atoms with E-state index in [1.165, 1.54) is 0 Å². The van der Waals surface area contributed by atoms with Crippen molar-refractivity contribution in [1.29, 1.82) is 0 Å². The number of benzene rings is 1. The average molecular weight is 412 g/mol. The van der Waals surface area contributed by atoms with Gasteiger partial charge in [-0.15, -0.1) is 0 Å². The standard InChI is InChI=1S/C18H12ClN5OS.C2H6/c19-12-3-5-13(6-4-12)22-18(26)23-15-10-11(7-9-20-15)17-24-16-14(25-17)2-1-8-21-16;1-2/h1-10H,(H2,20,22,23,26);1-2H3. The van der Waals surface area contributed by atoms with Gasteiger partial charge in [0.25, 0.3) is 0 Å². The van der Waals surface area contributed by atoms with E-state index in [4.69, 9.17) is 28.2 Å². The average Bonchev–Trinajstić information content (AvgIpc) is 3.16. The Morgan fingerprint density at radius 1 is 1.00 bits per heavy atom. The summed E-state index contributed by atoms with van der Waals surface area (Å²) in [4.78, 5) is 12.8. The molecule has 0 saturated carbocycles. The van der Waals surface area contributed by atoms with Gasteiger partial charge in [0.15, 0.2) is 16.3 Å². The van der Waals surface area contributed by atoms with E-state index >= 15 is 0 Å². The third-order valence-electron chi connectivity index (χ3n) is 3.52. The van der Waals surface area contributed by atoms with E-state index < -0.39 is 0 Å². The first-order valence-electron chi connectivity index (χ1n) is 8.69. The van der Waals surface area contributed by atoms with Crippen molar-refractivity contribution in [3.63, 3.8) is 0 Å². The van der Waals surface area contributed by atoms with Crippen LogP contribution in [0.4, 0.5) is 11.5 Å². The Balaban J connectivity index is 0.00000109. The highest BCUT2D eigenvalue weighted by atomic mass is 35.5. The van der Waals surface area contributed by atoms with E-state index in [0.717, 1.165) is 11.3 Å². The molecule has 2 N–H and O–H groups in total. The molecule has 28 heavy (non-hydrogen) atoms. The number of pyridine rings is 2. The number of aromatic nitrogens is 3. The van der Waals surface area contributed by atoms with Gasteiger partial charge in [-0.2, -0.15) is 4.98 Å². The van der Waals surface area contributed by atoms with E-state index in [1.54, 1.807) is 36.7 Å². The Bertz CT molecular complexity index is 1050. The molecule has 142 valence electrons. The molecule has 4 rings (SSSR count). The van der Waals surface area contributed by atoms with Gasteiger partial charge in [0, 0.05) is 28.7 Å². The number of nitrogens with zero attached hydrogens (tertiary/aromatic N) is 3. The van der Waals surface area contributed by atoms with Crippen LogP contribution in [0.3, 0.4) is 0 Å². The van der Waals surface area contributed by atoms with Gasteiger partial charge in [-0.25, -0.2) is 9.97 Å². The van der Waals surface area contributed by atoms with Gasteiger partial charge in [0.1, 0.15) is 5.82 Å². The second kappa shape index (κ2) is 9.25. The molecule has 0 saturated heterocycles. The predicted octanol–water partition coefficient (Wildman–Crippen LogP) is 5.77. The number of hydrogen-bond acceptors (Lipinski definition) is 5. The molecular formula is C20H18ClN5OS. The maximum absolute atomic E-state index is 5.88. The fourth-order valence-corrected chi connectivity index (χ4v) is 2.68. The Morgan fingerprint density at radius 3 is 2.54 bits per heavy atom. The number of oxazole rings is 1. The van der Waals surface area contributed by atoms with Crippen LogP contribution in [0.1, 0.15) is 13.8 Å². The number of hydrogen-bond donors (Lipinski definition) is 2. The Morgan fingerprint density at radius 2 is 1.79 bits per heavy atom. The molecule has 0 amide bonds. The highest BCUT2D eigenvalue weighted by Crippen LogP contribution is 2.24. The van der Waals surface area contributed by atoms with Gasteiger partial charge in [-0.3, -0.25) is 0 Å². The molecule has 0 aliphatic rings. The van der Waals surface area contributed by atoms with E-state index in [0.29, 0.717) is 33.1 Å². The summed E-state index contributed by atoms with van der Waals surface area (Å²) in [5.41, 5.74) is 2.80. The van der Waals surface area contributed by atoms with Crippen LogP contribution in [0.25, 0.3) is 22.7 Å². The lowest BCUT2D eigenvalue weighted by atomic mass is 10.2. The van der Waals surface area contributed by atoms with E-state index in [1.807, 2.05) is 38.1 Å². The van der Waals surface area contributed by atoms with Crippen LogP contribution >= 0.6 is 23.8 Å². The molecule has 0 spiro atoms. The maximum atomic E-state index is 5.88. The minimum Gasteiger partial charge on any atom is -0.434 e. The molecule has 8 heteroatoms. The van der Waals surface area contributed by atoms with Crippen molar-refractivity contribution in [3.8, 4) is 11.5 Å². The van der Waals surface area contributed by atoms with Crippen LogP contribution < -0.4 is 10.6 Å². The summed E-state index contributed by atoms with van der Waals surface area (Å²) >= 11 is 11.2. The molecule has 3 aromatic heterocycles. The number of halogens is 1. The predicted molar refractivity (Wildman–Crippen MR) is 118 cm³/mol. The number of thiocarbonyl (C=S) groups is 1. The largest absolute Gasteiger partial charge is 0.434 e. The highest BCUT2D eigenvalue weighted by Gasteiger charge is 2.10. The fourth-order valence-electron chi connectivity index (χ4n) is 2.34. The van der Waals surface area contributed by atoms with Gasteiger partial charge >= 0.3 is 0 Å². The second-order valence-corrected chi connectivity index (χ2v) is 6.20. The van der Waals surface area contributed by atoms with E-state index in [9.17, 15) is 0 Å². The highest BCUT2D eigenvalue weighted by molar-refractivity contribution is 7.80. The fraction of sp³-hybridized carbons (Fsp3) is 0.100. The van der Waals surface area contributed by atoms with Crippen molar-refractivity contribution in [1.82, 2.24) is 15.0 Å². The molecule has 0 radical (unpaired) electrons. The quantitative estimate of drug-likeness (QED) is 0.414. The monoisotopic (exact) mass is 411 g/mol. The summed E-state index contributed by atoms with van der Waals surface area (Å²) in [6.45, 7) is 4.00. The molecule has 0 unspecified atom stereocenters. The van der Waals surface area contributed by atoms with Gasteiger partial charge in [0.05, 0.1) is 0 Å². The molecule has 0 fully saturated rings. The first-order valence-corrected chi connectivity index (χ1v) is 9.47. The molecule has 0 atom stereocenters.